The van der Waals surface area contributed by atoms with Gasteiger partial charge in [-0.05, 0) is 25.1 Å². The highest BCUT2D eigenvalue weighted by atomic mass is 32.1. The van der Waals surface area contributed by atoms with Crippen LogP contribution >= 0.6 is 11.3 Å². The molecule has 1 aromatic heterocycles. The molecule has 20 heavy (non-hydrogen) atoms. The first-order chi connectivity index (χ1) is 9.47. The fourth-order valence-corrected chi connectivity index (χ4v) is 2.24. The standard InChI is InChI=1S/C14H15N3O2S/c1-9-15-12(8-20-9)13(18)16-11-6-4-5-10(7-11)14(19)17(2)3/h4-8H,1-3H3,(H,16,18). The molecule has 0 aliphatic carbocycles. The van der Waals surface area contributed by atoms with Gasteiger partial charge in [-0.15, -0.1) is 11.3 Å². The minimum absolute atomic E-state index is 0.106. The number of thiazole rings is 1. The maximum absolute atomic E-state index is 12.0. The molecule has 0 bridgehead atoms. The summed E-state index contributed by atoms with van der Waals surface area (Å²) in [6, 6.07) is 6.84. The van der Waals surface area contributed by atoms with Crippen molar-refractivity contribution in [3.05, 3.63) is 45.9 Å². The molecule has 0 unspecified atom stereocenters. The largest absolute Gasteiger partial charge is 0.345 e. The topological polar surface area (TPSA) is 62.3 Å². The number of aromatic nitrogens is 1. The lowest BCUT2D eigenvalue weighted by atomic mass is 10.2. The fraction of sp³-hybridized carbons (Fsp3) is 0.214. The molecule has 0 aliphatic heterocycles. The molecule has 2 aromatic rings. The van der Waals surface area contributed by atoms with E-state index in [2.05, 4.69) is 10.3 Å². The van der Waals surface area contributed by atoms with Crippen LogP contribution in [0.15, 0.2) is 29.6 Å². The Labute approximate surface area is 121 Å². The number of amides is 2. The van der Waals surface area contributed by atoms with Gasteiger partial charge in [0.15, 0.2) is 0 Å². The number of hydrogen-bond donors (Lipinski definition) is 1. The van der Waals surface area contributed by atoms with E-state index in [1.54, 1.807) is 43.7 Å². The molecule has 0 saturated carbocycles. The first kappa shape index (κ1) is 14.2. The van der Waals surface area contributed by atoms with Crippen molar-refractivity contribution in [3.8, 4) is 0 Å². The highest BCUT2D eigenvalue weighted by Gasteiger charge is 2.12. The molecule has 1 aromatic carbocycles. The third-order valence-electron chi connectivity index (χ3n) is 2.63. The average Bonchev–Trinajstić information content (AvgIpc) is 2.85. The number of anilines is 1. The second kappa shape index (κ2) is 5.83. The molecule has 5 nitrogen and oxygen atoms in total. The highest BCUT2D eigenvalue weighted by molar-refractivity contribution is 7.09. The summed E-state index contributed by atoms with van der Waals surface area (Å²) in [6.45, 7) is 1.85. The van der Waals surface area contributed by atoms with Crippen molar-refractivity contribution in [1.29, 1.82) is 0 Å². The highest BCUT2D eigenvalue weighted by Crippen LogP contribution is 2.14. The average molecular weight is 289 g/mol. The van der Waals surface area contributed by atoms with E-state index in [0.29, 0.717) is 16.9 Å². The van der Waals surface area contributed by atoms with Gasteiger partial charge in [0.2, 0.25) is 0 Å². The van der Waals surface area contributed by atoms with E-state index in [4.69, 9.17) is 0 Å². The van der Waals surface area contributed by atoms with Crippen LogP contribution in [0.3, 0.4) is 0 Å². The summed E-state index contributed by atoms with van der Waals surface area (Å²) in [5.74, 6) is -0.380. The van der Waals surface area contributed by atoms with Crippen LogP contribution in [0.1, 0.15) is 25.9 Å². The van der Waals surface area contributed by atoms with E-state index in [0.717, 1.165) is 5.01 Å². The lowest BCUT2D eigenvalue weighted by Gasteiger charge is -2.11. The van der Waals surface area contributed by atoms with Crippen LogP contribution in [0.2, 0.25) is 0 Å². The molecule has 0 saturated heterocycles. The number of carbonyl (C=O) groups is 2. The van der Waals surface area contributed by atoms with Crippen molar-refractivity contribution >= 4 is 28.8 Å². The Morgan fingerprint density at radius 3 is 2.65 bits per heavy atom. The van der Waals surface area contributed by atoms with Crippen molar-refractivity contribution < 1.29 is 9.59 Å². The molecule has 2 amide bonds. The Morgan fingerprint density at radius 2 is 2.05 bits per heavy atom. The van der Waals surface area contributed by atoms with Crippen LogP contribution in [0, 0.1) is 6.92 Å². The molecule has 1 N–H and O–H groups in total. The van der Waals surface area contributed by atoms with Gasteiger partial charge in [0, 0.05) is 30.7 Å². The van der Waals surface area contributed by atoms with Crippen molar-refractivity contribution in [2.75, 3.05) is 19.4 Å². The van der Waals surface area contributed by atoms with E-state index in [9.17, 15) is 9.59 Å². The van der Waals surface area contributed by atoms with Gasteiger partial charge in [-0.3, -0.25) is 9.59 Å². The molecular weight excluding hydrogens is 274 g/mol. The Kier molecular flexibility index (Phi) is 4.14. The van der Waals surface area contributed by atoms with Gasteiger partial charge in [-0.2, -0.15) is 0 Å². The fourth-order valence-electron chi connectivity index (χ4n) is 1.65. The van der Waals surface area contributed by atoms with Crippen molar-refractivity contribution in [2.24, 2.45) is 0 Å². The minimum atomic E-state index is -0.274. The zero-order valence-electron chi connectivity index (χ0n) is 11.5. The summed E-state index contributed by atoms with van der Waals surface area (Å²) in [7, 11) is 3.37. The van der Waals surface area contributed by atoms with Crippen LogP contribution in [0.5, 0.6) is 0 Å². The lowest BCUT2D eigenvalue weighted by molar-refractivity contribution is 0.0827. The number of hydrogen-bond acceptors (Lipinski definition) is 4. The summed E-state index contributed by atoms with van der Waals surface area (Å²) < 4.78 is 0. The van der Waals surface area contributed by atoms with Crippen molar-refractivity contribution in [3.63, 3.8) is 0 Å². The monoisotopic (exact) mass is 289 g/mol. The van der Waals surface area contributed by atoms with Gasteiger partial charge in [0.25, 0.3) is 11.8 Å². The third kappa shape index (κ3) is 3.21. The SMILES string of the molecule is Cc1nc(C(=O)Nc2cccc(C(=O)N(C)C)c2)cs1. The third-order valence-corrected chi connectivity index (χ3v) is 3.40. The predicted octanol–water partition coefficient (Wildman–Crippen LogP) is 2.41. The van der Waals surface area contributed by atoms with E-state index < -0.39 is 0 Å². The molecule has 0 spiro atoms. The summed E-state index contributed by atoms with van der Waals surface area (Å²) in [5, 5.41) is 5.29. The maximum Gasteiger partial charge on any atom is 0.275 e. The van der Waals surface area contributed by atoms with Gasteiger partial charge < -0.3 is 10.2 Å². The van der Waals surface area contributed by atoms with Gasteiger partial charge in [-0.1, -0.05) is 6.07 Å². The minimum Gasteiger partial charge on any atom is -0.345 e. The van der Waals surface area contributed by atoms with E-state index in [1.165, 1.54) is 16.2 Å². The molecule has 0 radical (unpaired) electrons. The van der Waals surface area contributed by atoms with Gasteiger partial charge in [0.1, 0.15) is 5.69 Å². The van der Waals surface area contributed by atoms with Gasteiger partial charge in [0.05, 0.1) is 5.01 Å². The lowest BCUT2D eigenvalue weighted by Crippen LogP contribution is -2.22. The van der Waals surface area contributed by atoms with Crippen molar-refractivity contribution in [1.82, 2.24) is 9.88 Å². The molecule has 0 aliphatic rings. The first-order valence-electron chi connectivity index (χ1n) is 6.02. The molecule has 0 fully saturated rings. The second-order valence-electron chi connectivity index (χ2n) is 4.49. The van der Waals surface area contributed by atoms with Gasteiger partial charge >= 0.3 is 0 Å². The number of benzene rings is 1. The number of aryl methyl sites for hydroxylation is 1. The van der Waals surface area contributed by atoms with Crippen LogP contribution in [-0.2, 0) is 0 Å². The smallest absolute Gasteiger partial charge is 0.275 e. The number of nitrogens with one attached hydrogen (secondary N) is 1. The molecular formula is C14H15N3O2S. The van der Waals surface area contributed by atoms with Crippen LogP contribution in [-0.4, -0.2) is 35.8 Å². The van der Waals surface area contributed by atoms with Crippen molar-refractivity contribution in [2.45, 2.75) is 6.92 Å². The molecule has 0 atom stereocenters. The van der Waals surface area contributed by atoms with Gasteiger partial charge in [-0.25, -0.2) is 4.98 Å². The Morgan fingerprint density at radius 1 is 1.30 bits per heavy atom. The number of rotatable bonds is 3. The molecule has 2 rings (SSSR count). The normalized spacial score (nSPS) is 10.2. The van der Waals surface area contributed by atoms with Crippen LogP contribution in [0.4, 0.5) is 5.69 Å². The zero-order valence-corrected chi connectivity index (χ0v) is 12.3. The maximum atomic E-state index is 12.0. The summed E-state index contributed by atoms with van der Waals surface area (Å²) in [6.07, 6.45) is 0. The molecule has 104 valence electrons. The Balaban J connectivity index is 2.16. The number of nitrogens with zero attached hydrogens (tertiary/aromatic N) is 2. The second-order valence-corrected chi connectivity index (χ2v) is 5.55. The first-order valence-corrected chi connectivity index (χ1v) is 6.90. The summed E-state index contributed by atoms with van der Waals surface area (Å²) in [5.41, 5.74) is 1.49. The van der Waals surface area contributed by atoms with Crippen LogP contribution < -0.4 is 5.32 Å². The summed E-state index contributed by atoms with van der Waals surface area (Å²) >= 11 is 1.42. The molecule has 1 heterocycles. The summed E-state index contributed by atoms with van der Waals surface area (Å²) in [4.78, 5) is 29.5. The van der Waals surface area contributed by atoms with E-state index >= 15 is 0 Å². The molecule has 6 heteroatoms. The van der Waals surface area contributed by atoms with Crippen LogP contribution in [0.25, 0.3) is 0 Å². The number of carbonyl (C=O) groups excluding carboxylic acids is 2. The zero-order chi connectivity index (χ0) is 14.7. The predicted molar refractivity (Wildman–Crippen MR) is 79.3 cm³/mol. The Hall–Kier alpha value is -2.21. The van der Waals surface area contributed by atoms with E-state index in [-0.39, 0.29) is 11.8 Å². The Bertz CT molecular complexity index is 649. The quantitative estimate of drug-likeness (QED) is 0.943. The van der Waals surface area contributed by atoms with E-state index in [1.807, 2.05) is 6.92 Å².